The molecule has 0 radical (unpaired) electrons. The maximum absolute atomic E-state index is 12.5. The van der Waals surface area contributed by atoms with Crippen LogP contribution in [0, 0.1) is 0 Å². The van der Waals surface area contributed by atoms with Crippen LogP contribution in [0.4, 0.5) is 13.2 Å². The molecule has 0 spiro atoms. The number of halogens is 4. The van der Waals surface area contributed by atoms with Crippen LogP contribution in [0.3, 0.4) is 0 Å². The monoisotopic (exact) mass is 487 g/mol. The summed E-state index contributed by atoms with van der Waals surface area (Å²) >= 11 is 5.93. The van der Waals surface area contributed by atoms with Crippen molar-refractivity contribution < 1.29 is 37.0 Å². The largest absolute Gasteiger partial charge is 0.522 e. The molecule has 1 saturated carbocycles. The Balaban J connectivity index is 1.23. The first-order valence-corrected chi connectivity index (χ1v) is 10.6. The SMILES string of the molecule is C=C(CCc1nnc([C@H]2C[C@@H](OC(F)(F)F)C2)o1)NC(=O)[C@H]1C[C@@H](O)c2cc(Cl)ccc2O1. The molecule has 178 valence electrons. The number of fused-ring (bicyclic) bond motifs is 1. The molecule has 4 rings (SSSR count). The van der Waals surface area contributed by atoms with E-state index in [1.807, 2.05) is 0 Å². The minimum Gasteiger partial charge on any atom is -0.480 e. The summed E-state index contributed by atoms with van der Waals surface area (Å²) in [6, 6.07) is 4.81. The van der Waals surface area contributed by atoms with Crippen molar-refractivity contribution in [1.82, 2.24) is 15.5 Å². The van der Waals surface area contributed by atoms with Gasteiger partial charge in [-0.1, -0.05) is 18.2 Å². The fraction of sp³-hybridized carbons (Fsp3) is 0.476. The van der Waals surface area contributed by atoms with Crippen LogP contribution in [0.25, 0.3) is 0 Å². The van der Waals surface area contributed by atoms with Crippen molar-refractivity contribution in [2.75, 3.05) is 0 Å². The van der Waals surface area contributed by atoms with Crippen LogP contribution in [0.5, 0.6) is 5.75 Å². The van der Waals surface area contributed by atoms with Gasteiger partial charge in [0.15, 0.2) is 6.10 Å². The summed E-state index contributed by atoms with van der Waals surface area (Å²) in [5.74, 6) is 0.229. The molecule has 1 amide bonds. The van der Waals surface area contributed by atoms with Crippen molar-refractivity contribution in [3.63, 3.8) is 0 Å². The van der Waals surface area contributed by atoms with Gasteiger partial charge >= 0.3 is 6.36 Å². The molecule has 12 heteroatoms. The number of nitrogens with zero attached hydrogens (tertiary/aromatic N) is 2. The molecule has 2 N–H and O–H groups in total. The molecule has 2 atom stereocenters. The van der Waals surface area contributed by atoms with Crippen molar-refractivity contribution in [3.05, 3.63) is 52.8 Å². The van der Waals surface area contributed by atoms with Gasteiger partial charge in [-0.3, -0.25) is 9.53 Å². The first kappa shape index (κ1) is 23.5. The predicted molar refractivity (Wildman–Crippen MR) is 108 cm³/mol. The molecule has 1 fully saturated rings. The molecule has 1 aliphatic carbocycles. The number of hydrogen-bond acceptors (Lipinski definition) is 7. The zero-order valence-electron chi connectivity index (χ0n) is 17.3. The van der Waals surface area contributed by atoms with Crippen LogP contribution in [-0.4, -0.2) is 39.8 Å². The van der Waals surface area contributed by atoms with E-state index in [0.29, 0.717) is 28.5 Å². The minimum atomic E-state index is -4.65. The Morgan fingerprint density at radius 1 is 1.30 bits per heavy atom. The number of aromatic nitrogens is 2. The first-order valence-electron chi connectivity index (χ1n) is 10.3. The van der Waals surface area contributed by atoms with Crippen LogP contribution in [0.1, 0.15) is 55.1 Å². The number of alkyl halides is 3. The lowest BCUT2D eigenvalue weighted by molar-refractivity contribution is -0.352. The summed E-state index contributed by atoms with van der Waals surface area (Å²) in [5.41, 5.74) is 0.919. The summed E-state index contributed by atoms with van der Waals surface area (Å²) in [6.45, 7) is 3.81. The van der Waals surface area contributed by atoms with Gasteiger partial charge in [-0.2, -0.15) is 0 Å². The van der Waals surface area contributed by atoms with Gasteiger partial charge in [-0.25, -0.2) is 0 Å². The highest BCUT2D eigenvalue weighted by molar-refractivity contribution is 6.30. The minimum absolute atomic E-state index is 0.0694. The lowest BCUT2D eigenvalue weighted by Gasteiger charge is -2.32. The van der Waals surface area contributed by atoms with Crippen molar-refractivity contribution >= 4 is 17.5 Å². The fourth-order valence-corrected chi connectivity index (χ4v) is 3.92. The highest BCUT2D eigenvalue weighted by atomic mass is 35.5. The Labute approximate surface area is 191 Å². The number of hydrogen-bond donors (Lipinski definition) is 2. The van der Waals surface area contributed by atoms with Crippen molar-refractivity contribution in [3.8, 4) is 5.75 Å². The van der Waals surface area contributed by atoms with E-state index in [4.69, 9.17) is 20.8 Å². The van der Waals surface area contributed by atoms with Gasteiger partial charge < -0.3 is 19.6 Å². The number of ether oxygens (including phenoxy) is 2. The van der Waals surface area contributed by atoms with Gasteiger partial charge in [0, 0.05) is 35.0 Å². The smallest absolute Gasteiger partial charge is 0.480 e. The summed E-state index contributed by atoms with van der Waals surface area (Å²) in [6.07, 6.45) is -6.36. The van der Waals surface area contributed by atoms with Crippen LogP contribution < -0.4 is 10.1 Å². The molecule has 0 unspecified atom stereocenters. The second-order valence-electron chi connectivity index (χ2n) is 8.02. The summed E-state index contributed by atoms with van der Waals surface area (Å²) in [7, 11) is 0. The molecular weight excluding hydrogens is 467 g/mol. The third-order valence-electron chi connectivity index (χ3n) is 5.50. The highest BCUT2D eigenvalue weighted by Gasteiger charge is 2.42. The normalized spacial score (nSPS) is 24.4. The van der Waals surface area contributed by atoms with E-state index in [-0.39, 0.29) is 43.4 Å². The summed E-state index contributed by atoms with van der Waals surface area (Å²) < 4.78 is 51.8. The average Bonchev–Trinajstić information content (AvgIpc) is 3.17. The number of aryl methyl sites for hydroxylation is 1. The van der Waals surface area contributed by atoms with Gasteiger partial charge in [0.1, 0.15) is 5.75 Å². The maximum atomic E-state index is 12.5. The number of nitrogens with one attached hydrogen (secondary N) is 1. The second-order valence-corrected chi connectivity index (χ2v) is 8.46. The predicted octanol–water partition coefficient (Wildman–Crippen LogP) is 3.95. The Hall–Kier alpha value is -2.63. The third kappa shape index (κ3) is 5.84. The van der Waals surface area contributed by atoms with E-state index in [1.165, 1.54) is 0 Å². The van der Waals surface area contributed by atoms with Crippen molar-refractivity contribution in [2.24, 2.45) is 0 Å². The zero-order valence-corrected chi connectivity index (χ0v) is 18.0. The number of carbonyl (C=O) groups is 1. The molecule has 2 aliphatic rings. The highest BCUT2D eigenvalue weighted by Crippen LogP contribution is 2.41. The van der Waals surface area contributed by atoms with Crippen LogP contribution in [0.15, 0.2) is 34.9 Å². The fourth-order valence-electron chi connectivity index (χ4n) is 3.74. The summed E-state index contributed by atoms with van der Waals surface area (Å²) in [4.78, 5) is 12.5. The molecule has 2 heterocycles. The first-order chi connectivity index (χ1) is 15.6. The summed E-state index contributed by atoms with van der Waals surface area (Å²) in [5, 5.41) is 21.2. The number of carbonyl (C=O) groups excluding carboxylic acids is 1. The van der Waals surface area contributed by atoms with Gasteiger partial charge in [0.25, 0.3) is 5.91 Å². The number of aliphatic hydroxyl groups is 1. The number of amides is 1. The molecule has 1 aliphatic heterocycles. The van der Waals surface area contributed by atoms with Gasteiger partial charge in [-0.05, 0) is 37.5 Å². The van der Waals surface area contributed by atoms with Crippen LogP contribution in [-0.2, 0) is 16.0 Å². The molecule has 8 nitrogen and oxygen atoms in total. The van der Waals surface area contributed by atoms with Gasteiger partial charge in [-0.15, -0.1) is 23.4 Å². The molecule has 0 saturated heterocycles. The lowest BCUT2D eigenvalue weighted by Crippen LogP contribution is -2.41. The second kappa shape index (κ2) is 9.32. The van der Waals surface area contributed by atoms with E-state index >= 15 is 0 Å². The van der Waals surface area contributed by atoms with Gasteiger partial charge in [0.05, 0.1) is 12.2 Å². The number of aliphatic hydroxyl groups excluding tert-OH is 1. The Bertz CT molecular complexity index is 1040. The van der Waals surface area contributed by atoms with Crippen LogP contribution in [0.2, 0.25) is 5.02 Å². The maximum Gasteiger partial charge on any atom is 0.522 e. The molecule has 1 aromatic heterocycles. The molecule has 0 bridgehead atoms. The third-order valence-corrected chi connectivity index (χ3v) is 5.73. The molecule has 1 aromatic carbocycles. The van der Waals surface area contributed by atoms with E-state index in [9.17, 15) is 23.1 Å². The van der Waals surface area contributed by atoms with Crippen molar-refractivity contribution in [1.29, 1.82) is 0 Å². The zero-order chi connectivity index (χ0) is 23.8. The average molecular weight is 488 g/mol. The van der Waals surface area contributed by atoms with E-state index in [1.54, 1.807) is 18.2 Å². The van der Waals surface area contributed by atoms with E-state index < -0.39 is 30.6 Å². The quantitative estimate of drug-likeness (QED) is 0.609. The standard InChI is InChI=1S/C21H21ClF3N3O5/c1-10(26-19(30)17-9-15(29)14-8-12(22)3-4-16(14)31-17)2-5-18-27-28-20(32-18)11-6-13(7-11)33-21(23,24)25/h3-4,8,11,13,15,17,29H,1-2,5-7,9H2,(H,26,30)/t11-,13+,15-,17-/m1/s1. The lowest BCUT2D eigenvalue weighted by atomic mass is 9.82. The van der Waals surface area contributed by atoms with E-state index in [2.05, 4.69) is 26.8 Å². The van der Waals surface area contributed by atoms with Crippen LogP contribution >= 0.6 is 11.6 Å². The number of allylic oxidation sites excluding steroid dienone is 1. The molecular formula is C21H21ClF3N3O5. The Morgan fingerprint density at radius 2 is 2.06 bits per heavy atom. The Kier molecular flexibility index (Phi) is 6.64. The molecule has 2 aromatic rings. The van der Waals surface area contributed by atoms with Crippen molar-refractivity contribution in [2.45, 2.75) is 62.7 Å². The van der Waals surface area contributed by atoms with E-state index in [0.717, 1.165) is 0 Å². The molecule has 33 heavy (non-hydrogen) atoms. The number of rotatable bonds is 7. The Morgan fingerprint density at radius 3 is 2.79 bits per heavy atom. The number of benzene rings is 1. The van der Waals surface area contributed by atoms with Gasteiger partial charge in [0.2, 0.25) is 11.8 Å². The topological polar surface area (TPSA) is 107 Å².